The van der Waals surface area contributed by atoms with Gasteiger partial charge in [-0.1, -0.05) is 24.8 Å². The molecule has 34 heavy (non-hydrogen) atoms. The number of hydrogen-bond acceptors (Lipinski definition) is 9. The molecule has 1 aliphatic carbocycles. The summed E-state index contributed by atoms with van der Waals surface area (Å²) in [5, 5.41) is 8.30. The first-order valence-electron chi connectivity index (χ1n) is 11.6. The molecule has 0 spiro atoms. The third-order valence-electron chi connectivity index (χ3n) is 6.36. The van der Waals surface area contributed by atoms with Crippen molar-refractivity contribution < 1.29 is 18.3 Å². The predicted molar refractivity (Wildman–Crippen MR) is 128 cm³/mol. The number of fused-ring (bicyclic) bond motifs is 1. The molecule has 4 atom stereocenters. The van der Waals surface area contributed by atoms with Crippen molar-refractivity contribution in [2.24, 2.45) is 0 Å². The third-order valence-corrected chi connectivity index (χ3v) is 7.41. The van der Waals surface area contributed by atoms with Gasteiger partial charge < -0.3 is 14.8 Å². The van der Waals surface area contributed by atoms with Crippen LogP contribution in [0.5, 0.6) is 0 Å². The fraction of sp³-hybridized carbons (Fsp3) is 0.565. The van der Waals surface area contributed by atoms with Gasteiger partial charge in [-0.25, -0.2) is 18.7 Å². The van der Waals surface area contributed by atoms with Gasteiger partial charge in [0.05, 0.1) is 25.4 Å². The molecule has 2 aromatic rings. The van der Waals surface area contributed by atoms with Crippen LogP contribution in [-0.4, -0.2) is 66.4 Å². The molecule has 1 aromatic carbocycles. The van der Waals surface area contributed by atoms with Crippen LogP contribution in [0.25, 0.3) is 0 Å². The quantitative estimate of drug-likeness (QED) is 0.399. The molecule has 1 aromatic heterocycles. The normalized spacial score (nSPS) is 26.0. The molecule has 1 saturated carbocycles. The van der Waals surface area contributed by atoms with Crippen LogP contribution >= 0.6 is 11.8 Å². The van der Waals surface area contributed by atoms with Gasteiger partial charge in [-0.05, 0) is 30.5 Å². The number of methoxy groups -OCH3 is 1. The Morgan fingerprint density at radius 1 is 1.26 bits per heavy atom. The molecule has 1 saturated heterocycles. The maximum Gasteiger partial charge on any atom is 0.191 e. The standard InChI is InChI=1S/C23H30F2N6O2S/c1-4-7-34-23-27-21(26-19-10-16(19)13-5-6-17(24)18(25)8-13)20-22(28-23)31(30(2)29-20)14-9-15(12-32-3)33-11-14/h5-6,8,14-16,19,29H,4,7,9-12H2,1-3H3,(H,26,27,28)/t14-,15-,16+,19-/m1/s1. The summed E-state index contributed by atoms with van der Waals surface area (Å²) in [5.41, 5.74) is 5.00. The molecular formula is C23H30F2N6O2S. The summed E-state index contributed by atoms with van der Waals surface area (Å²) in [6.07, 6.45) is 2.75. The van der Waals surface area contributed by atoms with Gasteiger partial charge in [0.2, 0.25) is 0 Å². The van der Waals surface area contributed by atoms with Crippen molar-refractivity contribution in [1.82, 2.24) is 15.1 Å². The van der Waals surface area contributed by atoms with E-state index in [1.165, 1.54) is 12.1 Å². The highest BCUT2D eigenvalue weighted by Gasteiger charge is 2.43. The number of aromatic nitrogens is 2. The number of thioether (sulfide) groups is 1. The number of benzene rings is 1. The Morgan fingerprint density at radius 3 is 2.88 bits per heavy atom. The Bertz CT molecular complexity index is 1050. The zero-order valence-electron chi connectivity index (χ0n) is 19.6. The molecule has 2 fully saturated rings. The molecule has 0 radical (unpaired) electrons. The fourth-order valence-electron chi connectivity index (χ4n) is 4.64. The van der Waals surface area contributed by atoms with Gasteiger partial charge in [-0.15, -0.1) is 5.12 Å². The van der Waals surface area contributed by atoms with Gasteiger partial charge in [-0.3, -0.25) is 10.4 Å². The van der Waals surface area contributed by atoms with Crippen molar-refractivity contribution in [2.45, 2.75) is 55.4 Å². The summed E-state index contributed by atoms with van der Waals surface area (Å²) in [4.78, 5) is 9.68. The van der Waals surface area contributed by atoms with Crippen LogP contribution in [0.2, 0.25) is 0 Å². The smallest absolute Gasteiger partial charge is 0.191 e. The maximum atomic E-state index is 13.7. The van der Waals surface area contributed by atoms with E-state index in [0.29, 0.717) is 18.4 Å². The molecule has 11 heteroatoms. The van der Waals surface area contributed by atoms with Crippen molar-refractivity contribution in [3.8, 4) is 0 Å². The Morgan fingerprint density at radius 2 is 2.12 bits per heavy atom. The molecule has 0 amide bonds. The Balaban J connectivity index is 1.39. The minimum Gasteiger partial charge on any atom is -0.382 e. The summed E-state index contributed by atoms with van der Waals surface area (Å²) in [6.45, 7) is 3.28. The molecule has 3 aliphatic rings. The molecule has 5 rings (SSSR count). The SMILES string of the molecule is CCCSc1nc(N[C@@H]2C[C@H]2c2ccc(F)c(F)c2)c2c(n1)N([C@H]1CO[C@@H](COC)C1)N(C)N2. The number of anilines is 3. The van der Waals surface area contributed by atoms with Crippen LogP contribution in [0.3, 0.4) is 0 Å². The topological polar surface area (TPSA) is 74.8 Å². The van der Waals surface area contributed by atoms with Crippen LogP contribution in [0.4, 0.5) is 26.1 Å². The van der Waals surface area contributed by atoms with E-state index in [0.717, 1.165) is 47.9 Å². The third kappa shape index (κ3) is 4.66. The highest BCUT2D eigenvalue weighted by atomic mass is 32.2. The Kier molecular flexibility index (Phi) is 6.79. The average molecular weight is 493 g/mol. The molecule has 8 nitrogen and oxygen atoms in total. The molecular weight excluding hydrogens is 462 g/mol. The Labute approximate surface area is 202 Å². The van der Waals surface area contributed by atoms with E-state index < -0.39 is 11.6 Å². The first kappa shape index (κ1) is 23.5. The van der Waals surface area contributed by atoms with Crippen molar-refractivity contribution in [2.75, 3.05) is 48.9 Å². The highest BCUT2D eigenvalue weighted by Crippen LogP contribution is 2.46. The lowest BCUT2D eigenvalue weighted by atomic mass is 10.1. The summed E-state index contributed by atoms with van der Waals surface area (Å²) in [7, 11) is 3.64. The van der Waals surface area contributed by atoms with Crippen molar-refractivity contribution in [3.05, 3.63) is 35.4 Å². The first-order chi connectivity index (χ1) is 16.5. The second-order valence-electron chi connectivity index (χ2n) is 8.95. The van der Waals surface area contributed by atoms with Crippen LogP contribution in [0.15, 0.2) is 23.4 Å². The fourth-order valence-corrected chi connectivity index (χ4v) is 5.33. The van der Waals surface area contributed by atoms with Gasteiger partial charge >= 0.3 is 0 Å². The zero-order valence-corrected chi connectivity index (χ0v) is 20.4. The number of hydrazine groups is 2. The van der Waals surface area contributed by atoms with E-state index in [1.54, 1.807) is 24.9 Å². The molecule has 2 aliphatic heterocycles. The average Bonchev–Trinajstić information content (AvgIpc) is 3.28. The van der Waals surface area contributed by atoms with Crippen molar-refractivity contribution >= 4 is 29.1 Å². The number of halogens is 2. The molecule has 2 N–H and O–H groups in total. The molecule has 184 valence electrons. The van der Waals surface area contributed by atoms with Gasteiger partial charge in [0, 0.05) is 38.3 Å². The van der Waals surface area contributed by atoms with Crippen LogP contribution in [-0.2, 0) is 9.47 Å². The predicted octanol–water partition coefficient (Wildman–Crippen LogP) is 4.02. The summed E-state index contributed by atoms with van der Waals surface area (Å²) < 4.78 is 38.3. The maximum absolute atomic E-state index is 13.7. The van der Waals surface area contributed by atoms with Crippen LogP contribution in [0, 0.1) is 11.6 Å². The summed E-state index contributed by atoms with van der Waals surface area (Å²) in [5.74, 6) is 0.937. The minimum absolute atomic E-state index is 0.0594. The van der Waals surface area contributed by atoms with Gasteiger partial charge in [-0.2, -0.15) is 0 Å². The highest BCUT2D eigenvalue weighted by molar-refractivity contribution is 7.99. The number of hydrogen-bond donors (Lipinski definition) is 2. The van der Waals surface area contributed by atoms with Crippen molar-refractivity contribution in [3.63, 3.8) is 0 Å². The second kappa shape index (κ2) is 9.80. The first-order valence-corrected chi connectivity index (χ1v) is 12.6. The number of nitrogens with zero attached hydrogens (tertiary/aromatic N) is 4. The lowest BCUT2D eigenvalue weighted by molar-refractivity contribution is 0.0373. The molecule has 0 bridgehead atoms. The lowest BCUT2D eigenvalue weighted by Gasteiger charge is -2.29. The number of nitrogens with one attached hydrogen (secondary N) is 2. The molecule has 3 heterocycles. The largest absolute Gasteiger partial charge is 0.382 e. The van der Waals surface area contributed by atoms with Crippen LogP contribution < -0.4 is 15.8 Å². The monoisotopic (exact) mass is 492 g/mol. The molecule has 0 unspecified atom stereocenters. The van der Waals surface area contributed by atoms with E-state index in [9.17, 15) is 8.78 Å². The zero-order chi connectivity index (χ0) is 23.8. The number of ether oxygens (including phenoxy) is 2. The van der Waals surface area contributed by atoms with E-state index >= 15 is 0 Å². The van der Waals surface area contributed by atoms with Crippen LogP contribution in [0.1, 0.15) is 37.7 Å². The van der Waals surface area contributed by atoms with E-state index in [4.69, 9.17) is 19.4 Å². The van der Waals surface area contributed by atoms with Crippen molar-refractivity contribution in [1.29, 1.82) is 0 Å². The van der Waals surface area contributed by atoms with E-state index in [1.807, 2.05) is 12.2 Å². The summed E-state index contributed by atoms with van der Waals surface area (Å²) in [6, 6.07) is 4.36. The number of rotatable bonds is 9. The van der Waals surface area contributed by atoms with Gasteiger partial charge in [0.15, 0.2) is 28.4 Å². The van der Waals surface area contributed by atoms with Gasteiger partial charge in [0.25, 0.3) is 0 Å². The second-order valence-corrected chi connectivity index (χ2v) is 10.0. The van der Waals surface area contributed by atoms with E-state index in [-0.39, 0.29) is 24.1 Å². The summed E-state index contributed by atoms with van der Waals surface area (Å²) >= 11 is 1.63. The Hall–Kier alpha value is -2.21. The lowest BCUT2D eigenvalue weighted by Crippen LogP contribution is -2.46. The van der Waals surface area contributed by atoms with Gasteiger partial charge in [0.1, 0.15) is 5.69 Å². The van der Waals surface area contributed by atoms with E-state index in [2.05, 4.69) is 22.7 Å². The minimum atomic E-state index is -0.823.